The lowest BCUT2D eigenvalue weighted by Gasteiger charge is -2.12. The van der Waals surface area contributed by atoms with Crippen molar-refractivity contribution in [3.8, 4) is 11.5 Å². The molecule has 0 aliphatic carbocycles. The van der Waals surface area contributed by atoms with Crippen molar-refractivity contribution in [1.82, 2.24) is 16.2 Å². The molecule has 0 saturated heterocycles. The van der Waals surface area contributed by atoms with Gasteiger partial charge in [-0.2, -0.15) is 0 Å². The first-order chi connectivity index (χ1) is 15.4. The summed E-state index contributed by atoms with van der Waals surface area (Å²) in [6, 6.07) is 12.2. The molecule has 9 heteroatoms. The zero-order valence-corrected chi connectivity index (χ0v) is 20.6. The summed E-state index contributed by atoms with van der Waals surface area (Å²) in [6.45, 7) is 4.55. The molecule has 2 aromatic carbocycles. The Morgan fingerprint density at radius 1 is 0.969 bits per heavy atom. The second-order valence-electron chi connectivity index (χ2n) is 7.09. The van der Waals surface area contributed by atoms with Gasteiger partial charge in [-0.3, -0.25) is 25.8 Å². The number of aryl methyl sites for hydroxylation is 1. The minimum Gasteiger partial charge on any atom is -0.494 e. The number of benzene rings is 2. The first-order valence-corrected chi connectivity index (χ1v) is 11.6. The van der Waals surface area contributed by atoms with Gasteiger partial charge in [0, 0.05) is 10.0 Å². The van der Waals surface area contributed by atoms with Crippen molar-refractivity contribution in [3.63, 3.8) is 0 Å². The van der Waals surface area contributed by atoms with Gasteiger partial charge >= 0.3 is 0 Å². The number of carbonyl (C=O) groups is 2. The van der Waals surface area contributed by atoms with E-state index in [4.69, 9.17) is 21.7 Å². The Bertz CT molecular complexity index is 922. The van der Waals surface area contributed by atoms with Gasteiger partial charge in [-0.05, 0) is 73.6 Å². The highest BCUT2D eigenvalue weighted by atomic mass is 79.9. The minimum atomic E-state index is -0.442. The van der Waals surface area contributed by atoms with Gasteiger partial charge in [0.2, 0.25) is 0 Å². The lowest BCUT2D eigenvalue weighted by Crippen LogP contribution is -2.49. The highest BCUT2D eigenvalue weighted by Gasteiger charge is 2.09. The van der Waals surface area contributed by atoms with Gasteiger partial charge in [-0.25, -0.2) is 0 Å². The predicted octanol–water partition coefficient (Wildman–Crippen LogP) is 4.43. The number of hydrazine groups is 1. The molecule has 0 unspecified atom stereocenters. The molecule has 0 radical (unpaired) electrons. The molecule has 32 heavy (non-hydrogen) atoms. The van der Waals surface area contributed by atoms with Crippen LogP contribution in [0.15, 0.2) is 46.9 Å². The zero-order chi connectivity index (χ0) is 23.3. The van der Waals surface area contributed by atoms with Gasteiger partial charge < -0.3 is 9.47 Å². The fraction of sp³-hybridized carbons (Fsp3) is 0.348. The van der Waals surface area contributed by atoms with Crippen molar-refractivity contribution in [1.29, 1.82) is 0 Å². The second-order valence-corrected chi connectivity index (χ2v) is 8.35. The van der Waals surface area contributed by atoms with E-state index in [0.717, 1.165) is 22.9 Å². The summed E-state index contributed by atoms with van der Waals surface area (Å²) in [5.74, 6) is 0.451. The van der Waals surface area contributed by atoms with Crippen molar-refractivity contribution < 1.29 is 19.1 Å². The molecule has 0 heterocycles. The number of carbonyl (C=O) groups excluding carboxylic acids is 2. The molecule has 0 aliphatic rings. The number of hydrogen-bond donors (Lipinski definition) is 3. The average Bonchev–Trinajstić information content (AvgIpc) is 2.78. The van der Waals surface area contributed by atoms with Gasteiger partial charge in [0.05, 0.1) is 6.61 Å². The van der Waals surface area contributed by atoms with Crippen molar-refractivity contribution in [2.24, 2.45) is 0 Å². The summed E-state index contributed by atoms with van der Waals surface area (Å²) >= 11 is 8.45. The molecule has 172 valence electrons. The Balaban J connectivity index is 1.68. The number of amides is 2. The molecule has 2 amide bonds. The fourth-order valence-electron chi connectivity index (χ4n) is 2.65. The SMILES string of the molecule is CCCCCCOc1ccc(C(=O)NC(=S)NNC(=O)COc2ccc(Br)c(C)c2)cc1. The summed E-state index contributed by atoms with van der Waals surface area (Å²) < 4.78 is 12.1. The maximum Gasteiger partial charge on any atom is 0.276 e. The Hall–Kier alpha value is -2.65. The van der Waals surface area contributed by atoms with Crippen LogP contribution in [0.3, 0.4) is 0 Å². The largest absolute Gasteiger partial charge is 0.494 e. The molecule has 3 N–H and O–H groups in total. The molecule has 0 aliphatic heterocycles. The summed E-state index contributed by atoms with van der Waals surface area (Å²) in [5.41, 5.74) is 6.29. The first-order valence-electron chi connectivity index (χ1n) is 10.4. The van der Waals surface area contributed by atoms with Gasteiger partial charge in [0.25, 0.3) is 11.8 Å². The van der Waals surface area contributed by atoms with Crippen LogP contribution in [0.4, 0.5) is 0 Å². The zero-order valence-electron chi connectivity index (χ0n) is 18.2. The van der Waals surface area contributed by atoms with Crippen LogP contribution in [0.1, 0.15) is 48.5 Å². The summed E-state index contributed by atoms with van der Waals surface area (Å²) in [4.78, 5) is 24.2. The van der Waals surface area contributed by atoms with E-state index < -0.39 is 11.8 Å². The Kier molecular flexibility index (Phi) is 11.0. The first kappa shape index (κ1) is 25.6. The van der Waals surface area contributed by atoms with Crippen LogP contribution in [-0.2, 0) is 4.79 Å². The van der Waals surface area contributed by atoms with E-state index in [1.54, 1.807) is 30.3 Å². The molecule has 0 saturated carbocycles. The Morgan fingerprint density at radius 3 is 2.38 bits per heavy atom. The van der Waals surface area contributed by atoms with E-state index in [2.05, 4.69) is 39.0 Å². The standard InChI is InChI=1S/C23H28BrN3O4S/c1-3-4-5-6-13-30-18-9-7-17(8-10-18)22(29)25-23(32)27-26-21(28)15-31-19-11-12-20(24)16(2)14-19/h7-12,14H,3-6,13,15H2,1-2H3,(H,26,28)(H2,25,27,29,32). The van der Waals surface area contributed by atoms with E-state index in [9.17, 15) is 9.59 Å². The number of hydrogen-bond acceptors (Lipinski definition) is 5. The van der Waals surface area contributed by atoms with Crippen molar-refractivity contribution in [3.05, 3.63) is 58.1 Å². The predicted molar refractivity (Wildman–Crippen MR) is 132 cm³/mol. The third-order valence-corrected chi connectivity index (χ3v) is 5.52. The van der Waals surface area contributed by atoms with E-state index >= 15 is 0 Å². The molecule has 0 fully saturated rings. The fourth-order valence-corrected chi connectivity index (χ4v) is 3.04. The summed E-state index contributed by atoms with van der Waals surface area (Å²) in [7, 11) is 0. The van der Waals surface area contributed by atoms with Crippen LogP contribution >= 0.6 is 28.1 Å². The molecule has 7 nitrogen and oxygen atoms in total. The average molecular weight is 522 g/mol. The molecular formula is C23H28BrN3O4S. The third-order valence-electron chi connectivity index (χ3n) is 4.42. The Morgan fingerprint density at radius 2 is 1.69 bits per heavy atom. The van der Waals surface area contributed by atoms with Crippen LogP contribution in [0.5, 0.6) is 11.5 Å². The van der Waals surface area contributed by atoms with Gasteiger partial charge in [-0.15, -0.1) is 0 Å². The highest BCUT2D eigenvalue weighted by Crippen LogP contribution is 2.21. The Labute approximate surface area is 202 Å². The van der Waals surface area contributed by atoms with E-state index in [0.29, 0.717) is 23.7 Å². The topological polar surface area (TPSA) is 88.7 Å². The molecule has 0 aromatic heterocycles. The third kappa shape index (κ3) is 9.23. The van der Waals surface area contributed by atoms with Crippen LogP contribution in [0, 0.1) is 6.92 Å². The van der Waals surface area contributed by atoms with Crippen molar-refractivity contribution in [2.45, 2.75) is 39.5 Å². The van der Waals surface area contributed by atoms with Crippen LogP contribution in [0.2, 0.25) is 0 Å². The monoisotopic (exact) mass is 521 g/mol. The maximum absolute atomic E-state index is 12.3. The highest BCUT2D eigenvalue weighted by molar-refractivity contribution is 9.10. The molecule has 2 rings (SSSR count). The van der Waals surface area contributed by atoms with E-state index in [1.807, 2.05) is 19.1 Å². The molecule has 2 aromatic rings. The smallest absolute Gasteiger partial charge is 0.276 e. The number of unbranched alkanes of at least 4 members (excludes halogenated alkanes) is 3. The summed E-state index contributed by atoms with van der Waals surface area (Å²) in [5, 5.41) is 2.48. The molecular weight excluding hydrogens is 494 g/mol. The second kappa shape index (κ2) is 13.7. The number of nitrogens with one attached hydrogen (secondary N) is 3. The van der Waals surface area contributed by atoms with Gasteiger partial charge in [0.1, 0.15) is 11.5 Å². The van der Waals surface area contributed by atoms with Crippen LogP contribution in [0.25, 0.3) is 0 Å². The lowest BCUT2D eigenvalue weighted by molar-refractivity contribution is -0.123. The van der Waals surface area contributed by atoms with Crippen molar-refractivity contribution >= 4 is 45.1 Å². The maximum atomic E-state index is 12.3. The van der Waals surface area contributed by atoms with Crippen molar-refractivity contribution in [2.75, 3.05) is 13.2 Å². The molecule has 0 bridgehead atoms. The number of ether oxygens (including phenoxy) is 2. The number of thiocarbonyl (C=S) groups is 1. The molecule has 0 spiro atoms. The number of rotatable bonds is 10. The minimum absolute atomic E-state index is 0.0286. The van der Waals surface area contributed by atoms with E-state index in [-0.39, 0.29) is 11.7 Å². The normalized spacial score (nSPS) is 10.2. The number of halogens is 1. The van der Waals surface area contributed by atoms with E-state index in [1.165, 1.54) is 12.8 Å². The lowest BCUT2D eigenvalue weighted by atomic mass is 10.2. The van der Waals surface area contributed by atoms with Crippen LogP contribution < -0.4 is 25.6 Å². The summed E-state index contributed by atoms with van der Waals surface area (Å²) in [6.07, 6.45) is 4.54. The van der Waals surface area contributed by atoms with Crippen LogP contribution in [-0.4, -0.2) is 30.1 Å². The van der Waals surface area contributed by atoms with Gasteiger partial charge in [0.15, 0.2) is 11.7 Å². The quantitative estimate of drug-likeness (QED) is 0.243. The molecule has 0 atom stereocenters. The van der Waals surface area contributed by atoms with Gasteiger partial charge in [-0.1, -0.05) is 42.1 Å².